The highest BCUT2D eigenvalue weighted by Gasteiger charge is 2.21. The smallest absolute Gasteiger partial charge is 0.263 e. The molecule has 0 aliphatic carbocycles. The molecule has 5 nitrogen and oxygen atoms in total. The largest absolute Gasteiger partial charge is 0.388 e. The monoisotopic (exact) mass is 325 g/mol. The number of pyridine rings is 1. The van der Waals surface area contributed by atoms with Crippen LogP contribution in [0.4, 0.5) is 11.5 Å². The maximum absolute atomic E-state index is 12.6. The molecule has 1 aromatic carbocycles. The van der Waals surface area contributed by atoms with E-state index in [0.717, 1.165) is 5.69 Å². The predicted molar refractivity (Wildman–Crippen MR) is 85.5 cm³/mol. The first-order valence-electron chi connectivity index (χ1n) is 6.27. The van der Waals surface area contributed by atoms with Crippen molar-refractivity contribution in [1.29, 1.82) is 0 Å². The van der Waals surface area contributed by atoms with Crippen LogP contribution in [-0.4, -0.2) is 20.4 Å². The summed E-state index contributed by atoms with van der Waals surface area (Å²) in [7, 11) is -1.96. The molecule has 1 heterocycles. The van der Waals surface area contributed by atoms with E-state index in [-0.39, 0.29) is 15.7 Å². The fourth-order valence-electron chi connectivity index (χ4n) is 2.16. The number of nitrogens with zero attached hydrogens (tertiary/aromatic N) is 1. The second kappa shape index (κ2) is 5.91. The predicted octanol–water partition coefficient (Wildman–Crippen LogP) is 3.19. The number of aromatic nitrogens is 1. The van der Waals surface area contributed by atoms with Gasteiger partial charge in [0, 0.05) is 18.9 Å². The molecule has 0 aliphatic rings. The van der Waals surface area contributed by atoms with Crippen LogP contribution in [0.25, 0.3) is 0 Å². The summed E-state index contributed by atoms with van der Waals surface area (Å²) in [5.41, 5.74) is 2.16. The van der Waals surface area contributed by atoms with Crippen LogP contribution < -0.4 is 10.0 Å². The number of aryl methyl sites for hydroxylation is 2. The van der Waals surface area contributed by atoms with Gasteiger partial charge < -0.3 is 5.32 Å². The van der Waals surface area contributed by atoms with E-state index in [2.05, 4.69) is 15.0 Å². The Balaban J connectivity index is 2.48. The number of nitrogens with one attached hydrogen (secondary N) is 2. The summed E-state index contributed by atoms with van der Waals surface area (Å²) in [5.74, 6) is 0.121. The molecule has 2 aromatic rings. The molecule has 1 aromatic heterocycles. The first-order chi connectivity index (χ1) is 9.85. The van der Waals surface area contributed by atoms with Crippen molar-refractivity contribution in [2.45, 2.75) is 18.7 Å². The molecule has 0 fully saturated rings. The number of benzene rings is 1. The third-order valence-electron chi connectivity index (χ3n) is 3.01. The zero-order valence-electron chi connectivity index (χ0n) is 11.9. The van der Waals surface area contributed by atoms with Crippen LogP contribution in [0.3, 0.4) is 0 Å². The van der Waals surface area contributed by atoms with Crippen molar-refractivity contribution in [2.75, 3.05) is 17.1 Å². The number of hydrogen-bond acceptors (Lipinski definition) is 4. The summed E-state index contributed by atoms with van der Waals surface area (Å²) in [6, 6.07) is 6.78. The van der Waals surface area contributed by atoms with Crippen LogP contribution in [0.15, 0.2) is 35.4 Å². The molecule has 2 N–H and O–H groups in total. The van der Waals surface area contributed by atoms with E-state index in [9.17, 15) is 8.42 Å². The van der Waals surface area contributed by atoms with Gasteiger partial charge in [-0.25, -0.2) is 13.4 Å². The molecule has 112 valence electrons. The van der Waals surface area contributed by atoms with Crippen molar-refractivity contribution >= 4 is 33.1 Å². The van der Waals surface area contributed by atoms with Crippen LogP contribution in [0.1, 0.15) is 11.1 Å². The second-order valence-corrected chi connectivity index (χ2v) is 6.65. The first kappa shape index (κ1) is 15.6. The number of sulfonamides is 1. The fourth-order valence-corrected chi connectivity index (χ4v) is 3.87. The molecule has 0 aliphatic heterocycles. The van der Waals surface area contributed by atoms with Gasteiger partial charge in [0.2, 0.25) is 0 Å². The van der Waals surface area contributed by atoms with E-state index in [1.165, 1.54) is 6.20 Å². The summed E-state index contributed by atoms with van der Waals surface area (Å²) >= 11 is 5.95. The Kier molecular flexibility index (Phi) is 4.39. The standard InChI is InChI=1S/C14H16ClN3O2S/c1-9-7-11(16-3)8-10(2)13(9)21(19,20)18-14-12(15)5-4-6-17-14/h4-8,16H,1-3H3,(H,17,18). The zero-order chi connectivity index (χ0) is 15.6. The average molecular weight is 326 g/mol. The van der Waals surface area contributed by atoms with E-state index >= 15 is 0 Å². The second-order valence-electron chi connectivity index (χ2n) is 4.63. The average Bonchev–Trinajstić information content (AvgIpc) is 2.40. The fraction of sp³-hybridized carbons (Fsp3) is 0.214. The van der Waals surface area contributed by atoms with Crippen molar-refractivity contribution in [3.63, 3.8) is 0 Å². The molecule has 7 heteroatoms. The Morgan fingerprint density at radius 3 is 2.33 bits per heavy atom. The van der Waals surface area contributed by atoms with Crippen molar-refractivity contribution in [1.82, 2.24) is 4.98 Å². The molecule has 0 atom stereocenters. The molecular weight excluding hydrogens is 310 g/mol. The summed E-state index contributed by atoms with van der Waals surface area (Å²) in [4.78, 5) is 4.19. The molecule has 21 heavy (non-hydrogen) atoms. The van der Waals surface area contributed by atoms with Crippen molar-refractivity contribution in [3.8, 4) is 0 Å². The summed E-state index contributed by atoms with van der Waals surface area (Å²) in [6.07, 6.45) is 1.48. The van der Waals surface area contributed by atoms with E-state index in [0.29, 0.717) is 11.1 Å². The number of anilines is 2. The number of halogens is 1. The molecule has 0 radical (unpaired) electrons. The lowest BCUT2D eigenvalue weighted by molar-refractivity contribution is 0.600. The quantitative estimate of drug-likeness (QED) is 0.905. The van der Waals surface area contributed by atoms with Crippen molar-refractivity contribution < 1.29 is 8.42 Å². The Bertz CT molecular complexity index is 753. The topological polar surface area (TPSA) is 71.1 Å². The lowest BCUT2D eigenvalue weighted by Crippen LogP contribution is -2.17. The maximum atomic E-state index is 12.6. The Morgan fingerprint density at radius 2 is 1.81 bits per heavy atom. The van der Waals surface area contributed by atoms with Gasteiger partial charge in [0.25, 0.3) is 10.0 Å². The molecule has 0 saturated carbocycles. The SMILES string of the molecule is CNc1cc(C)c(S(=O)(=O)Nc2ncccc2Cl)c(C)c1. The highest BCUT2D eigenvalue weighted by Crippen LogP contribution is 2.27. The van der Waals surface area contributed by atoms with E-state index in [1.807, 2.05) is 0 Å². The maximum Gasteiger partial charge on any atom is 0.263 e. The van der Waals surface area contributed by atoms with Crippen LogP contribution in [0.5, 0.6) is 0 Å². The van der Waals surface area contributed by atoms with Crippen LogP contribution in [-0.2, 0) is 10.0 Å². The van der Waals surface area contributed by atoms with Gasteiger partial charge in [-0.05, 0) is 49.2 Å². The van der Waals surface area contributed by atoms with E-state index in [1.54, 1.807) is 45.2 Å². The van der Waals surface area contributed by atoms with Gasteiger partial charge in [0.05, 0.1) is 9.92 Å². The van der Waals surface area contributed by atoms with Gasteiger partial charge in [0.1, 0.15) is 0 Å². The van der Waals surface area contributed by atoms with Crippen molar-refractivity contribution in [2.24, 2.45) is 0 Å². The van der Waals surface area contributed by atoms with E-state index < -0.39 is 10.0 Å². The molecule has 0 saturated heterocycles. The molecule has 0 amide bonds. The minimum absolute atomic E-state index is 0.121. The summed E-state index contributed by atoms with van der Waals surface area (Å²) in [6.45, 7) is 3.50. The summed E-state index contributed by atoms with van der Waals surface area (Å²) < 4.78 is 27.6. The minimum atomic E-state index is -3.75. The third kappa shape index (κ3) is 3.28. The van der Waals surface area contributed by atoms with E-state index in [4.69, 9.17) is 11.6 Å². The third-order valence-corrected chi connectivity index (χ3v) is 4.96. The molecule has 0 bridgehead atoms. The Labute approximate surface area is 129 Å². The Hall–Kier alpha value is -1.79. The number of hydrogen-bond donors (Lipinski definition) is 2. The first-order valence-corrected chi connectivity index (χ1v) is 8.13. The van der Waals surface area contributed by atoms with Crippen molar-refractivity contribution in [3.05, 3.63) is 46.6 Å². The van der Waals surface area contributed by atoms with Gasteiger partial charge in [-0.15, -0.1) is 0 Å². The minimum Gasteiger partial charge on any atom is -0.388 e. The lowest BCUT2D eigenvalue weighted by Gasteiger charge is -2.14. The van der Waals surface area contributed by atoms with Crippen LogP contribution >= 0.6 is 11.6 Å². The van der Waals surface area contributed by atoms with Gasteiger partial charge in [-0.1, -0.05) is 11.6 Å². The summed E-state index contributed by atoms with van der Waals surface area (Å²) in [5, 5.41) is 3.25. The zero-order valence-corrected chi connectivity index (χ0v) is 13.5. The molecular formula is C14H16ClN3O2S. The van der Waals surface area contributed by atoms with Gasteiger partial charge in [-0.3, -0.25) is 4.72 Å². The van der Waals surface area contributed by atoms with Gasteiger partial charge >= 0.3 is 0 Å². The molecule has 0 spiro atoms. The van der Waals surface area contributed by atoms with Gasteiger partial charge in [0.15, 0.2) is 5.82 Å². The molecule has 0 unspecified atom stereocenters. The number of rotatable bonds is 4. The van der Waals surface area contributed by atoms with Gasteiger partial charge in [-0.2, -0.15) is 0 Å². The Morgan fingerprint density at radius 1 is 1.19 bits per heavy atom. The van der Waals surface area contributed by atoms with Crippen LogP contribution in [0, 0.1) is 13.8 Å². The lowest BCUT2D eigenvalue weighted by atomic mass is 10.1. The van der Waals surface area contributed by atoms with Crippen LogP contribution in [0.2, 0.25) is 5.02 Å². The highest BCUT2D eigenvalue weighted by molar-refractivity contribution is 7.92. The normalized spacial score (nSPS) is 11.2. The highest BCUT2D eigenvalue weighted by atomic mass is 35.5. The molecule has 2 rings (SSSR count).